The lowest BCUT2D eigenvalue weighted by molar-refractivity contribution is -0.147. The Morgan fingerprint density at radius 2 is 1.95 bits per heavy atom. The molecular weight excluding hydrogens is 266 g/mol. The van der Waals surface area contributed by atoms with Crippen molar-refractivity contribution in [1.82, 2.24) is 4.90 Å². The van der Waals surface area contributed by atoms with Crippen LogP contribution in [-0.2, 0) is 9.59 Å². The van der Waals surface area contributed by atoms with Crippen LogP contribution in [0.2, 0.25) is 0 Å². The molecule has 21 heavy (non-hydrogen) atoms. The minimum atomic E-state index is -0.368. The zero-order valence-corrected chi connectivity index (χ0v) is 12.4. The van der Waals surface area contributed by atoms with E-state index >= 15 is 0 Å². The minimum absolute atomic E-state index is 0.190. The molecule has 1 unspecified atom stereocenters. The quantitative estimate of drug-likeness (QED) is 0.625. The normalized spacial score (nSPS) is 18.8. The largest absolute Gasteiger partial charge is 0.350 e. The standard InChI is InChI=1S/C16H19N3O2/c1-12-5-7-14(8-6-12)19-11-15(20)18(10-4-3-9-17)16(21)13(19)2/h5-8,13H,3-4,10-11H2,1-2H3. The van der Waals surface area contributed by atoms with Crippen molar-refractivity contribution < 1.29 is 9.59 Å². The van der Waals surface area contributed by atoms with Gasteiger partial charge in [-0.1, -0.05) is 17.7 Å². The molecule has 0 spiro atoms. The number of rotatable bonds is 4. The number of amides is 2. The molecule has 0 radical (unpaired) electrons. The number of anilines is 1. The number of benzene rings is 1. The Kier molecular flexibility index (Phi) is 4.59. The van der Waals surface area contributed by atoms with Crippen LogP contribution in [0.1, 0.15) is 25.3 Å². The Labute approximate surface area is 124 Å². The fraction of sp³-hybridized carbons (Fsp3) is 0.438. The average Bonchev–Trinajstić information content (AvgIpc) is 2.47. The molecule has 0 N–H and O–H groups in total. The third kappa shape index (κ3) is 3.22. The van der Waals surface area contributed by atoms with Gasteiger partial charge >= 0.3 is 0 Å². The number of aryl methyl sites for hydroxylation is 1. The van der Waals surface area contributed by atoms with Crippen LogP contribution in [0.5, 0.6) is 0 Å². The maximum Gasteiger partial charge on any atom is 0.251 e. The van der Waals surface area contributed by atoms with E-state index in [1.165, 1.54) is 4.90 Å². The van der Waals surface area contributed by atoms with Gasteiger partial charge in [0.25, 0.3) is 5.91 Å². The molecule has 1 aliphatic rings. The van der Waals surface area contributed by atoms with E-state index in [0.717, 1.165) is 11.3 Å². The fourth-order valence-corrected chi connectivity index (χ4v) is 2.45. The van der Waals surface area contributed by atoms with Gasteiger partial charge in [-0.15, -0.1) is 0 Å². The van der Waals surface area contributed by atoms with Crippen molar-refractivity contribution in [2.75, 3.05) is 18.0 Å². The van der Waals surface area contributed by atoms with Gasteiger partial charge < -0.3 is 4.90 Å². The van der Waals surface area contributed by atoms with Gasteiger partial charge in [0, 0.05) is 18.7 Å². The average molecular weight is 285 g/mol. The molecule has 0 aromatic heterocycles. The Morgan fingerprint density at radius 3 is 2.57 bits per heavy atom. The number of piperazine rings is 1. The summed E-state index contributed by atoms with van der Waals surface area (Å²) in [6.45, 7) is 4.34. The molecule has 5 heteroatoms. The Hall–Kier alpha value is -2.35. The predicted octanol–water partition coefficient (Wildman–Crippen LogP) is 1.86. The molecule has 1 heterocycles. The van der Waals surface area contributed by atoms with E-state index in [-0.39, 0.29) is 24.4 Å². The van der Waals surface area contributed by atoms with E-state index in [4.69, 9.17) is 5.26 Å². The lowest BCUT2D eigenvalue weighted by Crippen LogP contribution is -2.59. The van der Waals surface area contributed by atoms with Crippen molar-refractivity contribution in [3.63, 3.8) is 0 Å². The van der Waals surface area contributed by atoms with Gasteiger partial charge in [0.05, 0.1) is 12.6 Å². The summed E-state index contributed by atoms with van der Waals surface area (Å²) >= 11 is 0. The lowest BCUT2D eigenvalue weighted by Gasteiger charge is -2.39. The monoisotopic (exact) mass is 285 g/mol. The topological polar surface area (TPSA) is 64.4 Å². The van der Waals surface area contributed by atoms with Gasteiger partial charge in [-0.3, -0.25) is 14.5 Å². The van der Waals surface area contributed by atoms with Crippen LogP contribution in [0.15, 0.2) is 24.3 Å². The minimum Gasteiger partial charge on any atom is -0.350 e. The van der Waals surface area contributed by atoms with Crippen LogP contribution in [-0.4, -0.2) is 35.8 Å². The van der Waals surface area contributed by atoms with Gasteiger partial charge in [-0.2, -0.15) is 5.26 Å². The van der Waals surface area contributed by atoms with E-state index in [9.17, 15) is 9.59 Å². The molecule has 0 bridgehead atoms. The van der Waals surface area contributed by atoms with Crippen molar-refractivity contribution in [2.45, 2.75) is 32.7 Å². The highest BCUT2D eigenvalue weighted by molar-refractivity contribution is 6.04. The molecule has 1 fully saturated rings. The van der Waals surface area contributed by atoms with Crippen molar-refractivity contribution in [3.05, 3.63) is 29.8 Å². The van der Waals surface area contributed by atoms with Gasteiger partial charge in [0.1, 0.15) is 6.04 Å². The molecule has 110 valence electrons. The van der Waals surface area contributed by atoms with Crippen molar-refractivity contribution in [2.24, 2.45) is 0 Å². The summed E-state index contributed by atoms with van der Waals surface area (Å²) in [5, 5.41) is 8.55. The van der Waals surface area contributed by atoms with E-state index in [1.807, 2.05) is 49.1 Å². The fourth-order valence-electron chi connectivity index (χ4n) is 2.45. The first kappa shape index (κ1) is 15.0. The van der Waals surface area contributed by atoms with Crippen LogP contribution >= 0.6 is 0 Å². The number of nitriles is 1. The molecule has 0 saturated carbocycles. The summed E-state index contributed by atoms with van der Waals surface area (Å²) in [5.74, 6) is -0.388. The highest BCUT2D eigenvalue weighted by Crippen LogP contribution is 2.22. The van der Waals surface area contributed by atoms with Gasteiger partial charge in [-0.25, -0.2) is 0 Å². The van der Waals surface area contributed by atoms with E-state index in [2.05, 4.69) is 0 Å². The Balaban J connectivity index is 2.12. The van der Waals surface area contributed by atoms with E-state index in [0.29, 0.717) is 19.4 Å². The first-order valence-electron chi connectivity index (χ1n) is 7.09. The molecule has 2 rings (SSSR count). The SMILES string of the molecule is Cc1ccc(N2CC(=O)N(CCCC#N)C(=O)C2C)cc1. The van der Waals surface area contributed by atoms with Crippen molar-refractivity contribution >= 4 is 17.5 Å². The molecule has 5 nitrogen and oxygen atoms in total. The van der Waals surface area contributed by atoms with Crippen LogP contribution in [0.25, 0.3) is 0 Å². The molecule has 2 amide bonds. The molecule has 1 atom stereocenters. The molecule has 0 aliphatic carbocycles. The first-order valence-corrected chi connectivity index (χ1v) is 7.09. The predicted molar refractivity (Wildman–Crippen MR) is 79.6 cm³/mol. The zero-order chi connectivity index (χ0) is 15.4. The summed E-state index contributed by atoms with van der Waals surface area (Å²) in [6.07, 6.45) is 0.887. The molecule has 1 aliphatic heterocycles. The van der Waals surface area contributed by atoms with E-state index < -0.39 is 0 Å². The van der Waals surface area contributed by atoms with Gasteiger partial charge in [-0.05, 0) is 32.4 Å². The van der Waals surface area contributed by atoms with Gasteiger partial charge in [0.15, 0.2) is 0 Å². The number of nitrogens with zero attached hydrogens (tertiary/aromatic N) is 3. The van der Waals surface area contributed by atoms with Crippen LogP contribution in [0.3, 0.4) is 0 Å². The maximum atomic E-state index is 12.4. The third-order valence-electron chi connectivity index (χ3n) is 3.73. The van der Waals surface area contributed by atoms with Crippen molar-refractivity contribution in [1.29, 1.82) is 5.26 Å². The smallest absolute Gasteiger partial charge is 0.251 e. The number of unbranched alkanes of at least 4 members (excludes halogenated alkanes) is 1. The molecule has 1 aromatic carbocycles. The zero-order valence-electron chi connectivity index (χ0n) is 12.4. The lowest BCUT2D eigenvalue weighted by atomic mass is 10.1. The number of hydrogen-bond acceptors (Lipinski definition) is 4. The summed E-state index contributed by atoms with van der Waals surface area (Å²) in [5.41, 5.74) is 2.02. The van der Waals surface area contributed by atoms with Crippen LogP contribution in [0.4, 0.5) is 5.69 Å². The van der Waals surface area contributed by atoms with E-state index in [1.54, 1.807) is 0 Å². The molecular formula is C16H19N3O2. The number of carbonyl (C=O) groups excluding carboxylic acids is 2. The second-order valence-electron chi connectivity index (χ2n) is 5.28. The maximum absolute atomic E-state index is 12.4. The highest BCUT2D eigenvalue weighted by Gasteiger charge is 2.36. The molecule has 1 aromatic rings. The Bertz CT molecular complexity index is 574. The van der Waals surface area contributed by atoms with Gasteiger partial charge in [0.2, 0.25) is 5.91 Å². The summed E-state index contributed by atoms with van der Waals surface area (Å²) in [6, 6.07) is 9.45. The summed E-state index contributed by atoms with van der Waals surface area (Å²) < 4.78 is 0. The van der Waals surface area contributed by atoms with Crippen LogP contribution < -0.4 is 4.90 Å². The second kappa shape index (κ2) is 6.40. The van der Waals surface area contributed by atoms with Crippen molar-refractivity contribution in [3.8, 4) is 6.07 Å². The highest BCUT2D eigenvalue weighted by atomic mass is 16.2. The number of carbonyl (C=O) groups is 2. The summed E-state index contributed by atoms with van der Waals surface area (Å²) in [7, 11) is 0. The Morgan fingerprint density at radius 1 is 1.29 bits per heavy atom. The first-order chi connectivity index (χ1) is 10.0. The third-order valence-corrected chi connectivity index (χ3v) is 3.73. The van der Waals surface area contributed by atoms with Crippen LogP contribution in [0, 0.1) is 18.3 Å². The molecule has 1 saturated heterocycles. The number of hydrogen-bond donors (Lipinski definition) is 0. The second-order valence-corrected chi connectivity index (χ2v) is 5.28. The number of imide groups is 1. The summed E-state index contributed by atoms with van der Waals surface area (Å²) in [4.78, 5) is 27.6.